The first kappa shape index (κ1) is 18.3. The lowest BCUT2D eigenvalue weighted by atomic mass is 10.1. The molecule has 2 amide bonds. The number of hydrogen-bond acceptors (Lipinski definition) is 5. The number of ether oxygens (including phenoxy) is 3. The van der Waals surface area contributed by atoms with Crippen molar-refractivity contribution in [2.75, 3.05) is 31.7 Å². The van der Waals surface area contributed by atoms with Crippen LogP contribution in [-0.4, -0.2) is 49.2 Å². The van der Waals surface area contributed by atoms with Crippen LogP contribution in [0.4, 0.5) is 5.69 Å². The highest BCUT2D eigenvalue weighted by molar-refractivity contribution is 5.95. The molecule has 0 saturated carbocycles. The first-order valence-electron chi connectivity index (χ1n) is 9.33. The van der Waals surface area contributed by atoms with Gasteiger partial charge in [0, 0.05) is 24.8 Å². The van der Waals surface area contributed by atoms with Crippen molar-refractivity contribution in [3.8, 4) is 11.5 Å². The van der Waals surface area contributed by atoms with Gasteiger partial charge in [-0.15, -0.1) is 0 Å². The molecule has 4 rings (SSSR count). The van der Waals surface area contributed by atoms with Crippen molar-refractivity contribution in [1.29, 1.82) is 0 Å². The molecule has 0 bridgehead atoms. The number of hydrogen-bond donors (Lipinski definition) is 1. The summed E-state index contributed by atoms with van der Waals surface area (Å²) in [5.74, 6) is 0.818. The third-order valence-corrected chi connectivity index (χ3v) is 4.68. The van der Waals surface area contributed by atoms with Crippen LogP contribution in [0.3, 0.4) is 0 Å². The van der Waals surface area contributed by atoms with Crippen LogP contribution in [0.1, 0.15) is 12.0 Å². The number of anilines is 1. The molecular weight excluding hydrogens is 360 g/mol. The van der Waals surface area contributed by atoms with Crippen molar-refractivity contribution in [3.63, 3.8) is 0 Å². The zero-order valence-electron chi connectivity index (χ0n) is 15.4. The predicted molar refractivity (Wildman–Crippen MR) is 102 cm³/mol. The number of rotatable bonds is 5. The smallest absolute Gasteiger partial charge is 0.252 e. The lowest BCUT2D eigenvalue weighted by Gasteiger charge is -2.32. The number of nitrogens with one attached hydrogen (secondary N) is 1. The average Bonchev–Trinajstić information content (AvgIpc) is 2.72. The van der Waals surface area contributed by atoms with Crippen molar-refractivity contribution in [2.45, 2.75) is 19.1 Å². The summed E-state index contributed by atoms with van der Waals surface area (Å²) >= 11 is 0. The molecule has 1 saturated heterocycles. The van der Waals surface area contributed by atoms with Gasteiger partial charge in [0.2, 0.25) is 5.91 Å². The van der Waals surface area contributed by atoms with Gasteiger partial charge in [-0.25, -0.2) is 0 Å². The molecule has 0 aromatic heterocycles. The van der Waals surface area contributed by atoms with E-state index in [0.717, 1.165) is 5.56 Å². The first-order valence-corrected chi connectivity index (χ1v) is 9.33. The van der Waals surface area contributed by atoms with Crippen molar-refractivity contribution in [3.05, 3.63) is 54.1 Å². The van der Waals surface area contributed by atoms with E-state index in [1.807, 2.05) is 30.3 Å². The van der Waals surface area contributed by atoms with Crippen molar-refractivity contribution < 1.29 is 23.8 Å². The van der Waals surface area contributed by atoms with Crippen LogP contribution in [0.25, 0.3) is 0 Å². The second kappa shape index (κ2) is 8.31. The van der Waals surface area contributed by atoms with Gasteiger partial charge in [0.05, 0.1) is 13.0 Å². The Morgan fingerprint density at radius 1 is 1.04 bits per heavy atom. The van der Waals surface area contributed by atoms with E-state index in [2.05, 4.69) is 5.32 Å². The summed E-state index contributed by atoms with van der Waals surface area (Å²) in [6.45, 7) is 2.45. The molecule has 146 valence electrons. The van der Waals surface area contributed by atoms with Crippen LogP contribution in [0.2, 0.25) is 0 Å². The third-order valence-electron chi connectivity index (χ3n) is 4.68. The number of carbonyl (C=O) groups is 2. The zero-order valence-corrected chi connectivity index (χ0v) is 15.4. The molecule has 1 atom stereocenters. The predicted octanol–water partition coefficient (Wildman–Crippen LogP) is 2.21. The monoisotopic (exact) mass is 382 g/mol. The molecular formula is C21H22N2O5. The lowest BCUT2D eigenvalue weighted by Crippen LogP contribution is -2.48. The summed E-state index contributed by atoms with van der Waals surface area (Å²) in [6.07, 6.45) is -0.798. The molecule has 2 heterocycles. The van der Waals surface area contributed by atoms with Crippen LogP contribution in [0.15, 0.2) is 48.5 Å². The second-order valence-corrected chi connectivity index (χ2v) is 6.72. The van der Waals surface area contributed by atoms with Crippen LogP contribution in [-0.2, 0) is 20.9 Å². The Balaban J connectivity index is 1.35. The standard InChI is InChI=1S/C21H22N2O5/c24-20(22-16-6-7-17-18(12-16)28-11-10-27-17)13-19-21(25)23(8-9-26-19)14-15-4-2-1-3-5-15/h1-7,12,19H,8-11,13-14H2,(H,22,24). The molecule has 28 heavy (non-hydrogen) atoms. The summed E-state index contributed by atoms with van der Waals surface area (Å²) in [4.78, 5) is 26.9. The van der Waals surface area contributed by atoms with E-state index in [-0.39, 0.29) is 18.2 Å². The van der Waals surface area contributed by atoms with E-state index in [1.54, 1.807) is 23.1 Å². The van der Waals surface area contributed by atoms with Crippen molar-refractivity contribution in [2.24, 2.45) is 0 Å². The molecule has 2 aliphatic rings. The van der Waals surface area contributed by atoms with Crippen molar-refractivity contribution in [1.82, 2.24) is 4.90 Å². The summed E-state index contributed by atoms with van der Waals surface area (Å²) in [7, 11) is 0. The van der Waals surface area contributed by atoms with E-state index < -0.39 is 6.10 Å². The third kappa shape index (κ3) is 4.26. The van der Waals surface area contributed by atoms with Gasteiger partial charge >= 0.3 is 0 Å². The van der Waals surface area contributed by atoms with E-state index in [0.29, 0.717) is 50.1 Å². The largest absolute Gasteiger partial charge is 0.486 e. The maximum atomic E-state index is 12.7. The Bertz CT molecular complexity index is 855. The SMILES string of the molecule is O=C(CC1OCCN(Cc2ccccc2)C1=O)Nc1ccc2c(c1)OCCO2. The Morgan fingerprint density at radius 2 is 1.82 bits per heavy atom. The highest BCUT2D eigenvalue weighted by Gasteiger charge is 2.31. The molecule has 7 nitrogen and oxygen atoms in total. The minimum Gasteiger partial charge on any atom is -0.486 e. The number of fused-ring (bicyclic) bond motifs is 1. The van der Waals surface area contributed by atoms with Gasteiger partial charge < -0.3 is 24.4 Å². The number of nitrogens with zero attached hydrogens (tertiary/aromatic N) is 1. The van der Waals surface area contributed by atoms with Gasteiger partial charge in [-0.05, 0) is 17.7 Å². The topological polar surface area (TPSA) is 77.1 Å². The zero-order chi connectivity index (χ0) is 19.3. The van der Waals surface area contributed by atoms with Gasteiger partial charge in [0.1, 0.15) is 19.3 Å². The fourth-order valence-electron chi connectivity index (χ4n) is 3.30. The van der Waals surface area contributed by atoms with Gasteiger partial charge in [-0.2, -0.15) is 0 Å². The summed E-state index contributed by atoms with van der Waals surface area (Å²) in [5.41, 5.74) is 1.65. The van der Waals surface area contributed by atoms with Crippen LogP contribution in [0.5, 0.6) is 11.5 Å². The Hall–Kier alpha value is -3.06. The molecule has 1 unspecified atom stereocenters. The van der Waals surface area contributed by atoms with E-state index in [4.69, 9.17) is 14.2 Å². The molecule has 0 aliphatic carbocycles. The Kier molecular flexibility index (Phi) is 5.43. The number of carbonyl (C=O) groups excluding carboxylic acids is 2. The number of benzene rings is 2. The molecule has 1 N–H and O–H groups in total. The molecule has 2 aliphatic heterocycles. The van der Waals surface area contributed by atoms with Crippen LogP contribution >= 0.6 is 0 Å². The minimum atomic E-state index is -0.769. The minimum absolute atomic E-state index is 0.0292. The first-order chi connectivity index (χ1) is 13.7. The molecule has 1 fully saturated rings. The molecule has 2 aromatic rings. The summed E-state index contributed by atoms with van der Waals surface area (Å²) < 4.78 is 16.6. The second-order valence-electron chi connectivity index (χ2n) is 6.72. The molecule has 0 radical (unpaired) electrons. The van der Waals surface area contributed by atoms with E-state index >= 15 is 0 Å². The lowest BCUT2D eigenvalue weighted by molar-refractivity contribution is -0.155. The average molecular weight is 382 g/mol. The Labute approximate surface area is 163 Å². The highest BCUT2D eigenvalue weighted by atomic mass is 16.6. The fraction of sp³-hybridized carbons (Fsp3) is 0.333. The van der Waals surface area contributed by atoms with Gasteiger partial charge in [0.25, 0.3) is 5.91 Å². The number of amides is 2. The van der Waals surface area contributed by atoms with E-state index in [9.17, 15) is 9.59 Å². The maximum absolute atomic E-state index is 12.7. The van der Waals surface area contributed by atoms with Crippen LogP contribution in [0, 0.1) is 0 Å². The van der Waals surface area contributed by atoms with Crippen molar-refractivity contribution >= 4 is 17.5 Å². The highest BCUT2D eigenvalue weighted by Crippen LogP contribution is 2.32. The van der Waals surface area contributed by atoms with Gasteiger partial charge in [0.15, 0.2) is 11.5 Å². The fourth-order valence-corrected chi connectivity index (χ4v) is 3.30. The molecule has 7 heteroatoms. The summed E-state index contributed by atoms with van der Waals surface area (Å²) in [6, 6.07) is 15.0. The Morgan fingerprint density at radius 3 is 2.64 bits per heavy atom. The van der Waals surface area contributed by atoms with Gasteiger partial charge in [-0.1, -0.05) is 30.3 Å². The van der Waals surface area contributed by atoms with Gasteiger partial charge in [-0.3, -0.25) is 9.59 Å². The van der Waals surface area contributed by atoms with Crippen LogP contribution < -0.4 is 14.8 Å². The number of morpholine rings is 1. The normalized spacial score (nSPS) is 18.6. The molecule has 0 spiro atoms. The van der Waals surface area contributed by atoms with E-state index in [1.165, 1.54) is 0 Å². The summed E-state index contributed by atoms with van der Waals surface area (Å²) in [5, 5.41) is 2.80. The quantitative estimate of drug-likeness (QED) is 0.858. The molecule has 2 aromatic carbocycles. The maximum Gasteiger partial charge on any atom is 0.252 e.